The van der Waals surface area contributed by atoms with Crippen molar-refractivity contribution in [3.8, 4) is 0 Å². The molecule has 9 heteroatoms. The highest BCUT2D eigenvalue weighted by Crippen LogP contribution is 2.32. The zero-order valence-electron chi connectivity index (χ0n) is 17.5. The first kappa shape index (κ1) is 21.5. The van der Waals surface area contributed by atoms with Gasteiger partial charge in [-0.25, -0.2) is 19.4 Å². The highest BCUT2D eigenvalue weighted by molar-refractivity contribution is 5.88. The smallest absolute Gasteiger partial charge is 0.360 e. The van der Waals surface area contributed by atoms with Crippen LogP contribution in [0.1, 0.15) is 71.2 Å². The summed E-state index contributed by atoms with van der Waals surface area (Å²) in [6.07, 6.45) is 2.89. The predicted molar refractivity (Wildman–Crippen MR) is 105 cm³/mol. The van der Waals surface area contributed by atoms with Crippen molar-refractivity contribution in [3.63, 3.8) is 0 Å². The lowest BCUT2D eigenvalue weighted by atomic mass is 9.93. The van der Waals surface area contributed by atoms with E-state index in [0.717, 1.165) is 11.1 Å². The van der Waals surface area contributed by atoms with E-state index < -0.39 is 17.9 Å². The summed E-state index contributed by atoms with van der Waals surface area (Å²) in [6.45, 7) is 9.16. The van der Waals surface area contributed by atoms with Crippen LogP contribution in [0.25, 0.3) is 0 Å². The van der Waals surface area contributed by atoms with E-state index in [0.29, 0.717) is 16.8 Å². The topological polar surface area (TPSA) is 82.8 Å². The van der Waals surface area contributed by atoms with Crippen LogP contribution in [0.4, 0.5) is 8.78 Å². The third-order valence-corrected chi connectivity index (χ3v) is 5.13. The van der Waals surface area contributed by atoms with Crippen LogP contribution in [0.3, 0.4) is 0 Å². The summed E-state index contributed by atoms with van der Waals surface area (Å²) in [6, 6.07) is 2.29. The molecule has 0 aliphatic carbocycles. The molecule has 2 unspecified atom stereocenters. The van der Waals surface area contributed by atoms with Crippen LogP contribution >= 0.6 is 0 Å². The molecule has 0 aliphatic heterocycles. The van der Waals surface area contributed by atoms with Gasteiger partial charge >= 0.3 is 5.97 Å². The summed E-state index contributed by atoms with van der Waals surface area (Å²) in [7, 11) is 0. The third kappa shape index (κ3) is 4.05. The van der Waals surface area contributed by atoms with Crippen LogP contribution in [0.2, 0.25) is 0 Å². The Morgan fingerprint density at radius 1 is 1.07 bits per heavy atom. The second-order valence-corrected chi connectivity index (χ2v) is 7.11. The maximum atomic E-state index is 13.5. The fourth-order valence-electron chi connectivity index (χ4n) is 3.57. The third-order valence-electron chi connectivity index (χ3n) is 5.13. The molecule has 3 heterocycles. The standard InChI is InChI=1S/C21H23F2N5O2/c1-6-30-21(29)19-20(13(4)15-9-24-17(22)7-11(15)2)28(27-26-19)14(5)16-10-25-18(23)8-12(16)3/h7-10,13-14H,6H2,1-5H3. The van der Waals surface area contributed by atoms with Crippen molar-refractivity contribution in [2.75, 3.05) is 6.61 Å². The van der Waals surface area contributed by atoms with Crippen LogP contribution in [0.5, 0.6) is 0 Å². The largest absolute Gasteiger partial charge is 0.461 e. The van der Waals surface area contributed by atoms with Gasteiger partial charge in [-0.3, -0.25) is 0 Å². The van der Waals surface area contributed by atoms with Gasteiger partial charge in [0, 0.05) is 18.3 Å². The van der Waals surface area contributed by atoms with Crippen molar-refractivity contribution in [2.45, 2.75) is 46.6 Å². The second kappa shape index (κ2) is 8.64. The number of hydrogen-bond acceptors (Lipinski definition) is 6. The van der Waals surface area contributed by atoms with Crippen molar-refractivity contribution in [1.29, 1.82) is 0 Å². The molecule has 0 radical (unpaired) electrons. The summed E-state index contributed by atoms with van der Waals surface area (Å²) in [5.74, 6) is -2.14. The Hall–Kier alpha value is -3.23. The number of rotatable bonds is 6. The van der Waals surface area contributed by atoms with Gasteiger partial charge in [-0.1, -0.05) is 12.1 Å². The average molecular weight is 415 g/mol. The van der Waals surface area contributed by atoms with E-state index in [9.17, 15) is 13.6 Å². The van der Waals surface area contributed by atoms with E-state index in [1.165, 1.54) is 24.5 Å². The monoisotopic (exact) mass is 415 g/mol. The molecule has 2 atom stereocenters. The first-order chi connectivity index (χ1) is 14.2. The fraction of sp³-hybridized carbons (Fsp3) is 0.381. The predicted octanol–water partition coefficient (Wildman–Crippen LogP) is 3.90. The molecule has 158 valence electrons. The van der Waals surface area contributed by atoms with Gasteiger partial charge in [-0.05, 0) is 62.1 Å². The molecule has 0 bridgehead atoms. The second-order valence-electron chi connectivity index (χ2n) is 7.11. The van der Waals surface area contributed by atoms with Crippen LogP contribution in [-0.2, 0) is 4.74 Å². The fourth-order valence-corrected chi connectivity index (χ4v) is 3.57. The zero-order valence-corrected chi connectivity index (χ0v) is 17.5. The molecule has 0 aliphatic rings. The number of halogens is 2. The number of carbonyl (C=O) groups excluding carboxylic acids is 1. The van der Waals surface area contributed by atoms with Gasteiger partial charge in [0.15, 0.2) is 5.69 Å². The van der Waals surface area contributed by atoms with Crippen molar-refractivity contribution in [1.82, 2.24) is 25.0 Å². The lowest BCUT2D eigenvalue weighted by Crippen LogP contribution is -2.19. The number of carbonyl (C=O) groups is 1. The van der Waals surface area contributed by atoms with E-state index in [1.807, 2.05) is 13.8 Å². The van der Waals surface area contributed by atoms with Crippen LogP contribution in [0, 0.1) is 25.7 Å². The van der Waals surface area contributed by atoms with Gasteiger partial charge in [-0.2, -0.15) is 8.78 Å². The lowest BCUT2D eigenvalue weighted by molar-refractivity contribution is 0.0517. The Morgan fingerprint density at radius 3 is 2.17 bits per heavy atom. The molecule has 3 rings (SSSR count). The van der Waals surface area contributed by atoms with Crippen molar-refractivity contribution < 1.29 is 18.3 Å². The van der Waals surface area contributed by atoms with Crippen molar-refractivity contribution in [2.24, 2.45) is 0 Å². The van der Waals surface area contributed by atoms with Gasteiger partial charge in [0.25, 0.3) is 0 Å². The summed E-state index contributed by atoms with van der Waals surface area (Å²) >= 11 is 0. The highest BCUT2D eigenvalue weighted by atomic mass is 19.1. The Kier molecular flexibility index (Phi) is 6.19. The molecule has 0 spiro atoms. The van der Waals surface area contributed by atoms with E-state index in [2.05, 4.69) is 20.3 Å². The van der Waals surface area contributed by atoms with E-state index >= 15 is 0 Å². The van der Waals surface area contributed by atoms with Gasteiger partial charge in [0.1, 0.15) is 0 Å². The number of aromatic nitrogens is 5. The quantitative estimate of drug-likeness (QED) is 0.449. The minimum Gasteiger partial charge on any atom is -0.461 e. The molecule has 0 saturated heterocycles. The van der Waals surface area contributed by atoms with Crippen LogP contribution < -0.4 is 0 Å². The highest BCUT2D eigenvalue weighted by Gasteiger charge is 2.30. The summed E-state index contributed by atoms with van der Waals surface area (Å²) in [5.41, 5.74) is 3.42. The summed E-state index contributed by atoms with van der Waals surface area (Å²) in [4.78, 5) is 20.0. The number of hydrogen-bond donors (Lipinski definition) is 0. The van der Waals surface area contributed by atoms with E-state index in [-0.39, 0.29) is 24.3 Å². The molecule has 0 saturated carbocycles. The molecule has 0 aromatic carbocycles. The first-order valence-electron chi connectivity index (χ1n) is 9.60. The van der Waals surface area contributed by atoms with Crippen molar-refractivity contribution >= 4 is 5.97 Å². The average Bonchev–Trinajstić information content (AvgIpc) is 3.12. The Balaban J connectivity index is 2.15. The molecular formula is C21H23F2N5O2. The Labute approximate surface area is 173 Å². The normalized spacial score (nSPS) is 13.2. The minimum absolute atomic E-state index is 0.0765. The molecule has 0 fully saturated rings. The maximum absolute atomic E-state index is 13.5. The van der Waals surface area contributed by atoms with Gasteiger partial charge < -0.3 is 4.74 Å². The van der Waals surface area contributed by atoms with Gasteiger partial charge in [-0.15, -0.1) is 5.10 Å². The molecule has 3 aromatic heterocycles. The van der Waals surface area contributed by atoms with Crippen molar-refractivity contribution in [3.05, 3.63) is 70.1 Å². The molecule has 30 heavy (non-hydrogen) atoms. The molecule has 0 amide bonds. The Morgan fingerprint density at radius 2 is 1.63 bits per heavy atom. The SMILES string of the molecule is CCOC(=O)c1nnn(C(C)c2cnc(F)cc2C)c1C(C)c1cnc(F)cc1C. The van der Waals surface area contributed by atoms with Crippen LogP contribution in [-0.4, -0.2) is 37.5 Å². The molecule has 3 aromatic rings. The number of pyridine rings is 2. The molecular weight excluding hydrogens is 392 g/mol. The molecule has 7 nitrogen and oxygen atoms in total. The summed E-state index contributed by atoms with van der Waals surface area (Å²) in [5, 5.41) is 8.27. The number of esters is 1. The first-order valence-corrected chi connectivity index (χ1v) is 9.60. The maximum Gasteiger partial charge on any atom is 0.360 e. The van der Waals surface area contributed by atoms with E-state index in [1.54, 1.807) is 25.5 Å². The minimum atomic E-state index is -0.598. The zero-order chi connectivity index (χ0) is 22.0. The number of nitrogens with zero attached hydrogens (tertiary/aromatic N) is 5. The number of ether oxygens (including phenoxy) is 1. The van der Waals surface area contributed by atoms with Gasteiger partial charge in [0.05, 0.1) is 18.3 Å². The molecule has 0 N–H and O–H groups in total. The van der Waals surface area contributed by atoms with Crippen LogP contribution in [0.15, 0.2) is 24.5 Å². The van der Waals surface area contributed by atoms with E-state index in [4.69, 9.17) is 4.74 Å². The number of aryl methyl sites for hydroxylation is 2. The van der Waals surface area contributed by atoms with Gasteiger partial charge in [0.2, 0.25) is 11.9 Å². The lowest BCUT2D eigenvalue weighted by Gasteiger charge is -2.21. The summed E-state index contributed by atoms with van der Waals surface area (Å²) < 4.78 is 33.7. The Bertz CT molecular complexity index is 1080.